The Balaban J connectivity index is 2.68. The van der Waals surface area contributed by atoms with Crippen molar-refractivity contribution in [3.63, 3.8) is 0 Å². The largest absolute Gasteiger partial charge is 0.494 e. The number of methoxy groups -OCH3 is 1. The van der Waals surface area contributed by atoms with Gasteiger partial charge in [-0.05, 0) is 41.9 Å². The standard InChI is InChI=1S/C16H26FNO/c1-11(10-16(2,3)4)8-14(18)12-6-7-15(19-5)13(17)9-12/h6-7,9,11,14H,8,10,18H2,1-5H3. The second-order valence-corrected chi connectivity index (χ2v) is 6.61. The molecule has 0 amide bonds. The van der Waals surface area contributed by atoms with Gasteiger partial charge in [0.05, 0.1) is 7.11 Å². The molecule has 1 rings (SSSR count). The van der Waals surface area contributed by atoms with Gasteiger partial charge in [-0.15, -0.1) is 0 Å². The van der Waals surface area contributed by atoms with Gasteiger partial charge in [-0.1, -0.05) is 33.8 Å². The Morgan fingerprint density at radius 1 is 1.32 bits per heavy atom. The summed E-state index contributed by atoms with van der Waals surface area (Å²) in [5, 5.41) is 0. The van der Waals surface area contributed by atoms with Gasteiger partial charge < -0.3 is 10.5 Å². The van der Waals surface area contributed by atoms with Crippen molar-refractivity contribution in [2.75, 3.05) is 7.11 Å². The fraction of sp³-hybridized carbons (Fsp3) is 0.625. The summed E-state index contributed by atoms with van der Waals surface area (Å²) in [6.07, 6.45) is 1.97. The van der Waals surface area contributed by atoms with E-state index in [0.29, 0.717) is 11.3 Å². The molecule has 0 radical (unpaired) electrons. The average Bonchev–Trinajstić information content (AvgIpc) is 2.26. The molecule has 0 aliphatic rings. The van der Waals surface area contributed by atoms with Crippen LogP contribution in [0.15, 0.2) is 18.2 Å². The summed E-state index contributed by atoms with van der Waals surface area (Å²) in [5.74, 6) is 0.428. The fourth-order valence-electron chi connectivity index (χ4n) is 2.61. The Bertz CT molecular complexity index is 412. The van der Waals surface area contributed by atoms with Gasteiger partial charge in [-0.2, -0.15) is 0 Å². The van der Waals surface area contributed by atoms with Crippen LogP contribution in [0, 0.1) is 17.2 Å². The van der Waals surface area contributed by atoms with Gasteiger partial charge in [0.1, 0.15) is 0 Å². The van der Waals surface area contributed by atoms with Gasteiger partial charge in [-0.25, -0.2) is 4.39 Å². The third kappa shape index (κ3) is 5.19. The number of halogens is 1. The molecule has 0 spiro atoms. The summed E-state index contributed by atoms with van der Waals surface area (Å²) >= 11 is 0. The highest BCUT2D eigenvalue weighted by atomic mass is 19.1. The van der Waals surface area contributed by atoms with Gasteiger partial charge >= 0.3 is 0 Å². The third-order valence-electron chi connectivity index (χ3n) is 3.22. The Kier molecular flexibility index (Phi) is 5.36. The Morgan fingerprint density at radius 3 is 2.42 bits per heavy atom. The molecule has 3 heteroatoms. The maximum atomic E-state index is 13.6. The molecule has 2 nitrogen and oxygen atoms in total. The molecule has 0 aromatic heterocycles. The van der Waals surface area contributed by atoms with Crippen LogP contribution in [0.25, 0.3) is 0 Å². The molecule has 1 aromatic carbocycles. The van der Waals surface area contributed by atoms with E-state index < -0.39 is 0 Å². The van der Waals surface area contributed by atoms with Gasteiger partial charge in [0, 0.05) is 6.04 Å². The SMILES string of the molecule is COc1ccc(C(N)CC(C)CC(C)(C)C)cc1F. The van der Waals surface area contributed by atoms with E-state index in [1.807, 2.05) is 6.07 Å². The molecule has 0 aliphatic carbocycles. The minimum Gasteiger partial charge on any atom is -0.494 e. The molecule has 0 heterocycles. The maximum Gasteiger partial charge on any atom is 0.165 e. The van der Waals surface area contributed by atoms with Crippen LogP contribution >= 0.6 is 0 Å². The third-order valence-corrected chi connectivity index (χ3v) is 3.22. The number of rotatable bonds is 5. The van der Waals surface area contributed by atoms with Crippen molar-refractivity contribution in [3.05, 3.63) is 29.6 Å². The number of hydrogen-bond acceptors (Lipinski definition) is 2. The van der Waals surface area contributed by atoms with E-state index in [0.717, 1.165) is 18.4 Å². The van der Waals surface area contributed by atoms with Crippen molar-refractivity contribution in [3.8, 4) is 5.75 Å². The molecule has 2 atom stereocenters. The Hall–Kier alpha value is -1.09. The van der Waals surface area contributed by atoms with Crippen LogP contribution in [0.3, 0.4) is 0 Å². The summed E-state index contributed by atoms with van der Waals surface area (Å²) in [6.45, 7) is 8.87. The number of hydrogen-bond donors (Lipinski definition) is 1. The lowest BCUT2D eigenvalue weighted by Gasteiger charge is -2.25. The van der Waals surface area contributed by atoms with Crippen LogP contribution < -0.4 is 10.5 Å². The van der Waals surface area contributed by atoms with Crippen molar-refractivity contribution in [2.45, 2.75) is 46.6 Å². The lowest BCUT2D eigenvalue weighted by molar-refractivity contribution is 0.286. The number of benzene rings is 1. The zero-order chi connectivity index (χ0) is 14.6. The van der Waals surface area contributed by atoms with Crippen LogP contribution in [0.1, 0.15) is 52.1 Å². The van der Waals surface area contributed by atoms with Crippen molar-refractivity contribution < 1.29 is 9.13 Å². The number of ether oxygens (including phenoxy) is 1. The van der Waals surface area contributed by atoms with Crippen molar-refractivity contribution in [2.24, 2.45) is 17.1 Å². The molecular weight excluding hydrogens is 241 g/mol. The Labute approximate surface area is 116 Å². The first kappa shape index (κ1) is 16.0. The molecule has 0 bridgehead atoms. The van der Waals surface area contributed by atoms with E-state index in [1.165, 1.54) is 13.2 Å². The first-order chi connectivity index (χ1) is 8.73. The first-order valence-corrected chi connectivity index (χ1v) is 6.82. The molecule has 1 aromatic rings. The highest BCUT2D eigenvalue weighted by Gasteiger charge is 2.19. The lowest BCUT2D eigenvalue weighted by atomic mass is 9.82. The zero-order valence-corrected chi connectivity index (χ0v) is 12.7. The maximum absolute atomic E-state index is 13.6. The van der Waals surface area contributed by atoms with Crippen LogP contribution in [0.5, 0.6) is 5.75 Å². The monoisotopic (exact) mass is 267 g/mol. The molecule has 2 unspecified atom stereocenters. The second kappa shape index (κ2) is 6.38. The molecule has 0 saturated heterocycles. The lowest BCUT2D eigenvalue weighted by Crippen LogP contribution is -2.18. The van der Waals surface area contributed by atoms with Crippen LogP contribution in [0.2, 0.25) is 0 Å². The zero-order valence-electron chi connectivity index (χ0n) is 12.7. The normalized spacial score (nSPS) is 15.1. The van der Waals surface area contributed by atoms with Crippen LogP contribution in [-0.2, 0) is 0 Å². The molecule has 2 N–H and O–H groups in total. The summed E-state index contributed by atoms with van der Waals surface area (Å²) < 4.78 is 18.5. The molecule has 0 aliphatic heterocycles. The highest BCUT2D eigenvalue weighted by Crippen LogP contribution is 2.30. The first-order valence-electron chi connectivity index (χ1n) is 6.82. The van der Waals surface area contributed by atoms with Crippen LogP contribution in [-0.4, -0.2) is 7.11 Å². The van der Waals surface area contributed by atoms with Gasteiger partial charge in [-0.3, -0.25) is 0 Å². The van der Waals surface area contributed by atoms with E-state index in [2.05, 4.69) is 27.7 Å². The topological polar surface area (TPSA) is 35.2 Å². The fourth-order valence-corrected chi connectivity index (χ4v) is 2.61. The molecule has 0 fully saturated rings. The molecule has 108 valence electrons. The van der Waals surface area contributed by atoms with E-state index in [4.69, 9.17) is 10.5 Å². The molecular formula is C16H26FNO. The Morgan fingerprint density at radius 2 is 1.95 bits per heavy atom. The molecule has 0 saturated carbocycles. The summed E-state index contributed by atoms with van der Waals surface area (Å²) in [5.41, 5.74) is 7.30. The van der Waals surface area contributed by atoms with Gasteiger partial charge in [0.15, 0.2) is 11.6 Å². The van der Waals surface area contributed by atoms with Gasteiger partial charge in [0.2, 0.25) is 0 Å². The minimum absolute atomic E-state index is 0.127. The average molecular weight is 267 g/mol. The summed E-state index contributed by atoms with van der Waals surface area (Å²) in [4.78, 5) is 0. The smallest absolute Gasteiger partial charge is 0.165 e. The minimum atomic E-state index is -0.348. The number of nitrogens with two attached hydrogens (primary N) is 1. The van der Waals surface area contributed by atoms with E-state index in [9.17, 15) is 4.39 Å². The van der Waals surface area contributed by atoms with Crippen LogP contribution in [0.4, 0.5) is 4.39 Å². The summed E-state index contributed by atoms with van der Waals surface area (Å²) in [7, 11) is 1.46. The quantitative estimate of drug-likeness (QED) is 0.863. The van der Waals surface area contributed by atoms with E-state index in [-0.39, 0.29) is 17.6 Å². The van der Waals surface area contributed by atoms with E-state index in [1.54, 1.807) is 6.07 Å². The van der Waals surface area contributed by atoms with E-state index >= 15 is 0 Å². The predicted octanol–water partition coefficient (Wildman–Crippen LogP) is 4.30. The van der Waals surface area contributed by atoms with Crippen molar-refractivity contribution in [1.29, 1.82) is 0 Å². The van der Waals surface area contributed by atoms with Crippen molar-refractivity contribution in [1.82, 2.24) is 0 Å². The van der Waals surface area contributed by atoms with Crippen molar-refractivity contribution >= 4 is 0 Å². The predicted molar refractivity (Wildman–Crippen MR) is 77.7 cm³/mol. The molecule has 19 heavy (non-hydrogen) atoms. The van der Waals surface area contributed by atoms with Gasteiger partial charge in [0.25, 0.3) is 0 Å². The highest BCUT2D eigenvalue weighted by molar-refractivity contribution is 5.30. The summed E-state index contributed by atoms with van der Waals surface area (Å²) in [6, 6.07) is 4.83. The second-order valence-electron chi connectivity index (χ2n) is 6.61.